The maximum atomic E-state index is 13.3. The molecule has 0 unspecified atom stereocenters. The fourth-order valence-electron chi connectivity index (χ4n) is 4.35. The van der Waals surface area contributed by atoms with Crippen molar-refractivity contribution in [2.75, 3.05) is 31.5 Å². The summed E-state index contributed by atoms with van der Waals surface area (Å²) in [5, 5.41) is 3.49. The third-order valence-electron chi connectivity index (χ3n) is 6.37. The van der Waals surface area contributed by atoms with Gasteiger partial charge in [0.15, 0.2) is 0 Å². The van der Waals surface area contributed by atoms with Crippen molar-refractivity contribution in [1.82, 2.24) is 14.8 Å². The second-order valence-corrected chi connectivity index (χ2v) is 11.0. The van der Waals surface area contributed by atoms with Crippen LogP contribution in [0, 0.1) is 0 Å². The molecule has 1 N–H and O–H groups in total. The van der Waals surface area contributed by atoms with Crippen LogP contribution in [0.25, 0.3) is 0 Å². The number of hydrogen-bond donors (Lipinski definition) is 1. The van der Waals surface area contributed by atoms with Crippen LogP contribution in [0.1, 0.15) is 62.2 Å². The summed E-state index contributed by atoms with van der Waals surface area (Å²) in [6.07, 6.45) is 1.42. The van der Waals surface area contributed by atoms with Crippen LogP contribution >= 0.6 is 0 Å². The van der Waals surface area contributed by atoms with E-state index in [1.807, 2.05) is 75.4 Å². The van der Waals surface area contributed by atoms with E-state index in [2.05, 4.69) is 30.2 Å². The Morgan fingerprint density at radius 3 is 2.36 bits per heavy atom. The van der Waals surface area contributed by atoms with Crippen LogP contribution in [0.3, 0.4) is 0 Å². The molecule has 2 aromatic carbocycles. The zero-order valence-electron chi connectivity index (χ0n) is 23.4. The number of carbonyl (C=O) groups excluding carboxylic acids is 2. The molecule has 0 saturated carbocycles. The summed E-state index contributed by atoms with van der Waals surface area (Å²) in [6, 6.07) is 19.3. The maximum Gasteiger partial charge on any atom is 0.410 e. The molecule has 39 heavy (non-hydrogen) atoms. The Hall–Kier alpha value is -4.07. The van der Waals surface area contributed by atoms with Gasteiger partial charge >= 0.3 is 6.09 Å². The zero-order valence-corrected chi connectivity index (χ0v) is 23.4. The van der Waals surface area contributed by atoms with Crippen molar-refractivity contribution in [3.05, 3.63) is 83.7 Å². The van der Waals surface area contributed by atoms with E-state index in [4.69, 9.17) is 9.47 Å². The van der Waals surface area contributed by atoms with Crippen LogP contribution in [0.4, 0.5) is 16.2 Å². The lowest BCUT2D eigenvalue weighted by atomic mass is 10.0. The third-order valence-corrected chi connectivity index (χ3v) is 6.37. The number of aromatic nitrogens is 1. The van der Waals surface area contributed by atoms with Gasteiger partial charge in [0.05, 0.1) is 5.69 Å². The summed E-state index contributed by atoms with van der Waals surface area (Å²) >= 11 is 0. The monoisotopic (exact) mass is 530 g/mol. The van der Waals surface area contributed by atoms with Crippen molar-refractivity contribution in [3.8, 4) is 5.75 Å². The number of nitrogens with zero attached hydrogens (tertiary/aromatic N) is 3. The summed E-state index contributed by atoms with van der Waals surface area (Å²) in [5.74, 6) is 0.992. The minimum atomic E-state index is -0.542. The SMILES string of the molecule is CC(C)c1cc(OCc2ccccn2)ccc1Nc1cccc(C(=O)N2CCN(C(=O)OC(C)(C)C)CC2)c1. The molecule has 4 rings (SSSR count). The second kappa shape index (κ2) is 12.2. The van der Waals surface area contributed by atoms with E-state index in [1.54, 1.807) is 16.0 Å². The molecule has 3 aromatic rings. The molecule has 8 heteroatoms. The highest BCUT2D eigenvalue weighted by Crippen LogP contribution is 2.31. The number of ether oxygens (including phenoxy) is 2. The fourth-order valence-corrected chi connectivity index (χ4v) is 4.35. The number of pyridine rings is 1. The molecular formula is C31H38N4O4. The Morgan fingerprint density at radius 2 is 1.69 bits per heavy atom. The van der Waals surface area contributed by atoms with E-state index in [1.165, 1.54) is 0 Å². The van der Waals surface area contributed by atoms with E-state index in [0.717, 1.165) is 28.4 Å². The largest absolute Gasteiger partial charge is 0.487 e. The lowest BCUT2D eigenvalue weighted by molar-refractivity contribution is 0.0141. The van der Waals surface area contributed by atoms with Crippen LogP contribution < -0.4 is 10.1 Å². The summed E-state index contributed by atoms with van der Waals surface area (Å²) in [7, 11) is 0. The van der Waals surface area contributed by atoms with Crippen molar-refractivity contribution in [3.63, 3.8) is 0 Å². The highest BCUT2D eigenvalue weighted by atomic mass is 16.6. The normalized spacial score (nSPS) is 13.8. The first kappa shape index (κ1) is 28.0. The minimum absolute atomic E-state index is 0.0511. The summed E-state index contributed by atoms with van der Waals surface area (Å²) in [5.41, 5.74) is 3.84. The molecule has 206 valence electrons. The molecule has 1 aromatic heterocycles. The van der Waals surface area contributed by atoms with Gasteiger partial charge in [-0.25, -0.2) is 4.79 Å². The minimum Gasteiger partial charge on any atom is -0.487 e. The molecular weight excluding hydrogens is 492 g/mol. The molecule has 1 fully saturated rings. The number of benzene rings is 2. The Bertz CT molecular complexity index is 1280. The van der Waals surface area contributed by atoms with Crippen molar-refractivity contribution in [1.29, 1.82) is 0 Å². The van der Waals surface area contributed by atoms with E-state index < -0.39 is 5.60 Å². The number of rotatable bonds is 7. The number of piperazine rings is 1. The van der Waals surface area contributed by atoms with Crippen molar-refractivity contribution < 1.29 is 19.1 Å². The van der Waals surface area contributed by atoms with Gasteiger partial charge in [0.2, 0.25) is 0 Å². The first-order valence-electron chi connectivity index (χ1n) is 13.4. The van der Waals surface area contributed by atoms with Crippen LogP contribution in [0.2, 0.25) is 0 Å². The molecule has 2 amide bonds. The van der Waals surface area contributed by atoms with Gasteiger partial charge in [-0.1, -0.05) is 26.0 Å². The average Bonchev–Trinajstić information content (AvgIpc) is 2.92. The predicted octanol–water partition coefficient (Wildman–Crippen LogP) is 6.22. The molecule has 1 saturated heterocycles. The Labute approximate surface area is 230 Å². The Morgan fingerprint density at radius 1 is 0.949 bits per heavy atom. The number of hydrogen-bond acceptors (Lipinski definition) is 6. The first-order valence-corrected chi connectivity index (χ1v) is 13.4. The second-order valence-electron chi connectivity index (χ2n) is 11.0. The summed E-state index contributed by atoms with van der Waals surface area (Å²) in [6.45, 7) is 12.1. The smallest absolute Gasteiger partial charge is 0.410 e. The first-order chi connectivity index (χ1) is 18.6. The average molecular weight is 531 g/mol. The fraction of sp³-hybridized carbons (Fsp3) is 0.387. The van der Waals surface area contributed by atoms with E-state index in [9.17, 15) is 9.59 Å². The van der Waals surface area contributed by atoms with E-state index >= 15 is 0 Å². The van der Waals surface area contributed by atoms with Gasteiger partial charge in [-0.15, -0.1) is 0 Å². The topological polar surface area (TPSA) is 84.0 Å². The van der Waals surface area contributed by atoms with Crippen LogP contribution in [-0.4, -0.2) is 58.6 Å². The number of nitrogens with one attached hydrogen (secondary N) is 1. The van der Waals surface area contributed by atoms with Gasteiger partial charge in [-0.3, -0.25) is 9.78 Å². The quantitative estimate of drug-likeness (QED) is 0.390. The standard InChI is InChI=1S/C31H38N4O4/c1-22(2)27-20-26(38-21-25-10-6-7-14-32-25)12-13-28(27)33-24-11-8-9-23(19-24)29(36)34-15-17-35(18-16-34)30(37)39-31(3,4)5/h6-14,19-20,22,33H,15-18,21H2,1-5H3. The van der Waals surface area contributed by atoms with E-state index in [-0.39, 0.29) is 17.9 Å². The molecule has 2 heterocycles. The van der Waals surface area contributed by atoms with Crippen molar-refractivity contribution in [2.45, 2.75) is 52.7 Å². The molecule has 8 nitrogen and oxygen atoms in total. The van der Waals surface area contributed by atoms with Gasteiger partial charge in [0.1, 0.15) is 18.0 Å². The molecule has 1 aliphatic heterocycles. The third kappa shape index (κ3) is 7.72. The Balaban J connectivity index is 1.40. The number of amides is 2. The zero-order chi connectivity index (χ0) is 28.0. The lowest BCUT2D eigenvalue weighted by Gasteiger charge is -2.35. The van der Waals surface area contributed by atoms with Gasteiger partial charge in [-0.05, 0) is 80.8 Å². The molecule has 0 aliphatic carbocycles. The summed E-state index contributed by atoms with van der Waals surface area (Å²) < 4.78 is 11.4. The summed E-state index contributed by atoms with van der Waals surface area (Å²) in [4.78, 5) is 33.4. The van der Waals surface area contributed by atoms with Gasteiger partial charge < -0.3 is 24.6 Å². The van der Waals surface area contributed by atoms with Gasteiger partial charge in [0.25, 0.3) is 5.91 Å². The van der Waals surface area contributed by atoms with Crippen LogP contribution in [-0.2, 0) is 11.3 Å². The van der Waals surface area contributed by atoms with Gasteiger partial charge in [-0.2, -0.15) is 0 Å². The maximum absolute atomic E-state index is 13.3. The van der Waals surface area contributed by atoms with E-state index in [0.29, 0.717) is 38.3 Å². The van der Waals surface area contributed by atoms with Crippen molar-refractivity contribution in [2.24, 2.45) is 0 Å². The molecule has 0 spiro atoms. The number of carbonyl (C=O) groups is 2. The highest BCUT2D eigenvalue weighted by molar-refractivity contribution is 5.95. The molecule has 0 bridgehead atoms. The predicted molar refractivity (Wildman–Crippen MR) is 153 cm³/mol. The molecule has 1 aliphatic rings. The Kier molecular flexibility index (Phi) is 8.74. The molecule has 0 atom stereocenters. The van der Waals surface area contributed by atoms with Gasteiger partial charge in [0, 0.05) is 49.3 Å². The number of anilines is 2. The van der Waals surface area contributed by atoms with Crippen molar-refractivity contribution >= 4 is 23.4 Å². The highest BCUT2D eigenvalue weighted by Gasteiger charge is 2.28. The molecule has 0 radical (unpaired) electrons. The van der Waals surface area contributed by atoms with Crippen LogP contribution in [0.5, 0.6) is 5.75 Å². The van der Waals surface area contributed by atoms with Crippen LogP contribution in [0.15, 0.2) is 66.9 Å². The lowest BCUT2D eigenvalue weighted by Crippen LogP contribution is -2.51.